The quantitative estimate of drug-likeness (QED) is 0.592. The molecule has 2 fully saturated rings. The van der Waals surface area contributed by atoms with Gasteiger partial charge in [0.25, 0.3) is 5.91 Å². The van der Waals surface area contributed by atoms with E-state index in [9.17, 15) is 4.79 Å². The van der Waals surface area contributed by atoms with Crippen molar-refractivity contribution >= 4 is 11.7 Å². The third-order valence-corrected chi connectivity index (χ3v) is 6.73. The summed E-state index contributed by atoms with van der Waals surface area (Å²) in [4.78, 5) is 30.1. The van der Waals surface area contributed by atoms with Gasteiger partial charge in [-0.1, -0.05) is 24.8 Å². The van der Waals surface area contributed by atoms with Gasteiger partial charge in [-0.25, -0.2) is 19.3 Å². The number of benzene rings is 1. The van der Waals surface area contributed by atoms with Crippen LogP contribution in [0.5, 0.6) is 0 Å². The Kier molecular flexibility index (Phi) is 6.43. The Bertz CT molecular complexity index is 1310. The average molecular weight is 471 g/mol. The SMILES string of the molecule is CCc1ncnc(-c2ccc(C(=O)N3CCN4CCC[C@@H]4C3)c(F)c2)c1C#Cc1ccc(N)nc1. The van der Waals surface area contributed by atoms with Crippen LogP contribution in [0.4, 0.5) is 10.2 Å². The molecule has 1 amide bonds. The van der Waals surface area contributed by atoms with Crippen LogP contribution in [0.1, 0.15) is 46.9 Å². The van der Waals surface area contributed by atoms with E-state index in [1.807, 2.05) is 6.92 Å². The molecule has 2 aliphatic heterocycles. The number of rotatable bonds is 3. The van der Waals surface area contributed by atoms with Crippen LogP contribution in [0.3, 0.4) is 0 Å². The zero-order valence-corrected chi connectivity index (χ0v) is 19.7. The van der Waals surface area contributed by atoms with E-state index in [0.29, 0.717) is 53.8 Å². The molecule has 178 valence electrons. The Morgan fingerprint density at radius 2 is 2.03 bits per heavy atom. The van der Waals surface area contributed by atoms with Crippen molar-refractivity contribution in [3.05, 3.63) is 71.1 Å². The molecule has 0 aliphatic carbocycles. The monoisotopic (exact) mass is 470 g/mol. The maximum Gasteiger partial charge on any atom is 0.256 e. The molecule has 0 radical (unpaired) electrons. The summed E-state index contributed by atoms with van der Waals surface area (Å²) in [5, 5.41) is 0. The third kappa shape index (κ3) is 4.73. The lowest BCUT2D eigenvalue weighted by Crippen LogP contribution is -2.52. The minimum atomic E-state index is -0.556. The van der Waals surface area contributed by atoms with E-state index in [1.165, 1.54) is 12.4 Å². The van der Waals surface area contributed by atoms with Gasteiger partial charge in [0.1, 0.15) is 18.0 Å². The fourth-order valence-electron chi connectivity index (χ4n) is 4.84. The average Bonchev–Trinajstić information content (AvgIpc) is 3.36. The summed E-state index contributed by atoms with van der Waals surface area (Å²) in [6.07, 6.45) is 5.96. The van der Waals surface area contributed by atoms with E-state index in [0.717, 1.165) is 31.6 Å². The summed E-state index contributed by atoms with van der Waals surface area (Å²) in [7, 11) is 0. The molecular weight excluding hydrogens is 443 g/mol. The lowest BCUT2D eigenvalue weighted by molar-refractivity contribution is 0.0567. The summed E-state index contributed by atoms with van der Waals surface area (Å²) >= 11 is 0. The molecule has 4 heterocycles. The van der Waals surface area contributed by atoms with E-state index in [-0.39, 0.29) is 11.5 Å². The normalized spacial score (nSPS) is 17.5. The van der Waals surface area contributed by atoms with Crippen molar-refractivity contribution in [2.24, 2.45) is 0 Å². The van der Waals surface area contributed by atoms with E-state index in [4.69, 9.17) is 5.73 Å². The molecule has 1 aromatic carbocycles. The fraction of sp³-hybridized carbons (Fsp3) is 0.333. The molecule has 0 saturated carbocycles. The molecule has 7 nitrogen and oxygen atoms in total. The number of pyridine rings is 1. The predicted octanol–water partition coefficient (Wildman–Crippen LogP) is 3.14. The van der Waals surface area contributed by atoms with E-state index < -0.39 is 5.82 Å². The Morgan fingerprint density at radius 1 is 1.14 bits per heavy atom. The van der Waals surface area contributed by atoms with Crippen molar-refractivity contribution in [1.82, 2.24) is 24.8 Å². The van der Waals surface area contributed by atoms with Crippen molar-refractivity contribution in [2.45, 2.75) is 32.2 Å². The van der Waals surface area contributed by atoms with Crippen molar-refractivity contribution in [3.63, 3.8) is 0 Å². The standard InChI is InChI=1S/C27H27FN6O/c1-2-24-22(8-5-18-6-10-25(29)30-15-18)26(32-17-31-24)19-7-9-21(23(28)14-19)27(35)34-13-12-33-11-3-4-20(33)16-34/h6-7,9-10,14-15,17,20H,2-4,11-13,16H2,1H3,(H2,29,30)/t20-/m1/s1. The molecule has 2 aromatic heterocycles. The maximum absolute atomic E-state index is 15.3. The first-order valence-electron chi connectivity index (χ1n) is 11.9. The van der Waals surface area contributed by atoms with Gasteiger partial charge in [-0.15, -0.1) is 0 Å². The number of fused-ring (bicyclic) bond motifs is 1. The van der Waals surface area contributed by atoms with Crippen LogP contribution in [0.15, 0.2) is 42.9 Å². The molecule has 0 spiro atoms. The number of carbonyl (C=O) groups excluding carboxylic acids is 1. The summed E-state index contributed by atoms with van der Waals surface area (Å²) in [6, 6.07) is 8.53. The first-order valence-corrected chi connectivity index (χ1v) is 11.9. The van der Waals surface area contributed by atoms with Gasteiger partial charge >= 0.3 is 0 Å². The number of anilines is 1. The minimum Gasteiger partial charge on any atom is -0.384 e. The van der Waals surface area contributed by atoms with Gasteiger partial charge in [-0.3, -0.25) is 9.69 Å². The molecule has 0 bridgehead atoms. The lowest BCUT2D eigenvalue weighted by Gasteiger charge is -2.37. The molecule has 35 heavy (non-hydrogen) atoms. The second kappa shape index (κ2) is 9.80. The molecule has 5 rings (SSSR count). The van der Waals surface area contributed by atoms with Gasteiger partial charge in [0, 0.05) is 43.0 Å². The number of hydrogen-bond donors (Lipinski definition) is 1. The van der Waals surface area contributed by atoms with Crippen LogP contribution in [-0.2, 0) is 6.42 Å². The minimum absolute atomic E-state index is 0.0885. The van der Waals surface area contributed by atoms with E-state index in [1.54, 1.807) is 35.4 Å². The van der Waals surface area contributed by atoms with E-state index >= 15 is 4.39 Å². The number of halogens is 1. The molecule has 8 heteroatoms. The zero-order valence-electron chi connectivity index (χ0n) is 19.7. The number of nitrogens with zero attached hydrogens (tertiary/aromatic N) is 5. The summed E-state index contributed by atoms with van der Waals surface area (Å²) < 4.78 is 15.3. The highest BCUT2D eigenvalue weighted by atomic mass is 19.1. The van der Waals surface area contributed by atoms with Gasteiger partial charge in [0.15, 0.2) is 0 Å². The number of piperazine rings is 1. The number of amides is 1. The maximum atomic E-state index is 15.3. The van der Waals surface area contributed by atoms with Gasteiger partial charge in [-0.05, 0) is 50.1 Å². The largest absolute Gasteiger partial charge is 0.384 e. The third-order valence-electron chi connectivity index (χ3n) is 6.73. The number of nitrogen functional groups attached to an aromatic ring is 1. The topological polar surface area (TPSA) is 88.2 Å². The van der Waals surface area contributed by atoms with Gasteiger partial charge in [0.2, 0.25) is 0 Å². The molecule has 3 aromatic rings. The second-order valence-corrected chi connectivity index (χ2v) is 8.90. The fourth-order valence-corrected chi connectivity index (χ4v) is 4.84. The Labute approximate surface area is 204 Å². The van der Waals surface area contributed by atoms with Crippen molar-refractivity contribution in [2.75, 3.05) is 31.9 Å². The number of hydrogen-bond acceptors (Lipinski definition) is 6. The summed E-state index contributed by atoms with van der Waals surface area (Å²) in [5.41, 5.74) is 8.92. The van der Waals surface area contributed by atoms with Crippen molar-refractivity contribution < 1.29 is 9.18 Å². The van der Waals surface area contributed by atoms with Crippen LogP contribution in [0, 0.1) is 17.7 Å². The second-order valence-electron chi connectivity index (χ2n) is 8.90. The van der Waals surface area contributed by atoms with Gasteiger partial charge in [-0.2, -0.15) is 0 Å². The van der Waals surface area contributed by atoms with Crippen LogP contribution in [0.25, 0.3) is 11.3 Å². The number of carbonyl (C=O) groups is 1. The van der Waals surface area contributed by atoms with Gasteiger partial charge in [0.05, 0.1) is 22.5 Å². The van der Waals surface area contributed by atoms with Crippen LogP contribution >= 0.6 is 0 Å². The number of nitrogens with two attached hydrogens (primary N) is 1. The molecular formula is C27H27FN6O. The highest BCUT2D eigenvalue weighted by Gasteiger charge is 2.33. The van der Waals surface area contributed by atoms with Crippen LogP contribution in [-0.4, -0.2) is 62.9 Å². The zero-order chi connectivity index (χ0) is 24.4. The first kappa shape index (κ1) is 22.9. The molecule has 0 unspecified atom stereocenters. The molecule has 1 atom stereocenters. The molecule has 2 saturated heterocycles. The smallest absolute Gasteiger partial charge is 0.256 e. The highest BCUT2D eigenvalue weighted by Crippen LogP contribution is 2.27. The van der Waals surface area contributed by atoms with Crippen molar-refractivity contribution in [3.8, 4) is 23.1 Å². The molecule has 2 N–H and O–H groups in total. The Morgan fingerprint density at radius 3 is 2.80 bits per heavy atom. The first-order chi connectivity index (χ1) is 17.0. The van der Waals surface area contributed by atoms with Crippen LogP contribution < -0.4 is 5.73 Å². The Hall–Kier alpha value is -3.83. The summed E-state index contributed by atoms with van der Waals surface area (Å²) in [5.74, 6) is 5.82. The predicted molar refractivity (Wildman–Crippen MR) is 132 cm³/mol. The van der Waals surface area contributed by atoms with Gasteiger partial charge < -0.3 is 10.6 Å². The Balaban J connectivity index is 1.44. The number of aromatic nitrogens is 3. The van der Waals surface area contributed by atoms with E-state index in [2.05, 4.69) is 31.7 Å². The molecule has 2 aliphatic rings. The van der Waals surface area contributed by atoms with Crippen LogP contribution in [0.2, 0.25) is 0 Å². The lowest BCUT2D eigenvalue weighted by atomic mass is 10.0. The highest BCUT2D eigenvalue weighted by molar-refractivity contribution is 5.95. The number of aryl methyl sites for hydroxylation is 1. The summed E-state index contributed by atoms with van der Waals surface area (Å²) in [6.45, 7) is 5.21. The van der Waals surface area contributed by atoms with Crippen molar-refractivity contribution in [1.29, 1.82) is 0 Å².